The van der Waals surface area contributed by atoms with Gasteiger partial charge in [-0.05, 0) is 104 Å². The summed E-state index contributed by atoms with van der Waals surface area (Å²) in [4.78, 5) is 228. The third kappa shape index (κ3) is 34.5. The molecule has 2 heterocycles. The van der Waals surface area contributed by atoms with Crippen LogP contribution in [-0.4, -0.2) is 257 Å². The van der Waals surface area contributed by atoms with Crippen molar-refractivity contribution in [2.45, 2.75) is 177 Å². The molecule has 6 rings (SSSR count). The fourth-order valence-corrected chi connectivity index (χ4v) is 13.7. The molecule has 6 aromatic rings. The van der Waals surface area contributed by atoms with E-state index in [9.17, 15) is 77.3 Å². The first kappa shape index (κ1) is 103. The molecule has 0 bridgehead atoms. The number of amides is 16. The standard InChI is InChI=1S/C83H117N23O19S2/c1-44(2)69(81(123)101-59(33-47-15-6-5-7-16-47)72(114)94-40-67(111)90-31-32-125-41-68(112)96-56(71(87)113)21-12-13-29-84)105-74(116)57(22-14-30-91-83(88)89)97-76(118)61(35-49-38-92-54-19-10-8-17-52(49)54)100-75(117)60(34-48-23-25-51(109)26-24-48)99-80(122)65(43-127)104-73(115)58(27-28-66(86)110)98-77(119)62(36-50-39-93-55-20-11-9-18-53(50)55)102-82(124)70(45(3)107)106-78(120)63(37-85)103-79(121)64(42-126)95-46(4)108/h5-11,15-20,23-26,38-39,44-45,56-65,69-70,92-93,107,109,126-127H,12-14,21-22,27-37,40-43,84-85H2,1-4H3,(H2,86,110)(H2,87,113)(H,90,111)(H,94,114)(H,95,108)(H,96,112)(H,97,118)(H,98,119)(H,99,122)(H,100,117)(H,101,123)(H,102,124)(H,103,121)(H,104,115)(H,105,116)(H,106,120)(H4,88,89,91)/t45-,56-,57+,58+,59+,60+,61+,62+,63+,64+,65+,69+,70+/m1/s1. The molecule has 0 radical (unpaired) electrons. The largest absolute Gasteiger partial charge is 0.508 e. The van der Waals surface area contributed by atoms with Crippen molar-refractivity contribution >= 4 is 148 Å². The first-order chi connectivity index (χ1) is 60.5. The fourth-order valence-electron chi connectivity index (χ4n) is 13.2. The van der Waals surface area contributed by atoms with Gasteiger partial charge < -0.3 is 133 Å². The molecular formula is C83H117N23O19S2. The second-order valence-corrected chi connectivity index (χ2v) is 31.1. The summed E-state index contributed by atoms with van der Waals surface area (Å²) < 4.78 is 5.36. The van der Waals surface area contributed by atoms with Gasteiger partial charge in [0.1, 0.15) is 84.9 Å². The Morgan fingerprint density at radius 3 is 1.39 bits per heavy atom. The highest BCUT2D eigenvalue weighted by molar-refractivity contribution is 7.80. The smallest absolute Gasteiger partial charge is 0.246 e. The van der Waals surface area contributed by atoms with E-state index in [4.69, 9.17) is 38.8 Å². The van der Waals surface area contributed by atoms with E-state index >= 15 is 9.59 Å². The average Bonchev–Trinajstić information content (AvgIpc) is 1.71. The summed E-state index contributed by atoms with van der Waals surface area (Å²) in [6, 6.07) is 9.57. The van der Waals surface area contributed by atoms with Crippen LogP contribution in [0, 0.1) is 11.3 Å². The first-order valence-electron chi connectivity index (χ1n) is 41.1. The zero-order valence-corrected chi connectivity index (χ0v) is 72.6. The van der Waals surface area contributed by atoms with Crippen molar-refractivity contribution in [1.29, 1.82) is 5.41 Å². The Kier molecular flexibility index (Phi) is 42.7. The van der Waals surface area contributed by atoms with E-state index < -0.39 is 223 Å². The number of guanidine groups is 1. The Morgan fingerprint density at radius 1 is 0.441 bits per heavy atom. The second-order valence-electron chi connectivity index (χ2n) is 30.4. The van der Waals surface area contributed by atoms with Gasteiger partial charge >= 0.3 is 0 Å². The number of aromatic amines is 2. The third-order valence-corrected chi connectivity index (χ3v) is 20.8. The number of phenols is 1. The number of aromatic nitrogens is 2. The lowest BCUT2D eigenvalue weighted by molar-refractivity contribution is -0.137. The van der Waals surface area contributed by atoms with Gasteiger partial charge in [0.05, 0.1) is 19.3 Å². The number of benzene rings is 4. The number of aromatic hydroxyl groups is 1. The number of nitrogens with one attached hydrogen (secondary N) is 18. The van der Waals surface area contributed by atoms with Crippen molar-refractivity contribution in [3.8, 4) is 5.75 Å². The number of aliphatic hydroxyl groups excluding tert-OH is 1. The number of ether oxygens (including phenoxy) is 1. The number of unbranched alkanes of at least 4 members (excludes halogenated alkanes) is 1. The maximum atomic E-state index is 15.4. The van der Waals surface area contributed by atoms with Crippen molar-refractivity contribution in [3.05, 3.63) is 138 Å². The number of carbonyl (C=O) groups is 16. The summed E-state index contributed by atoms with van der Waals surface area (Å²) in [5.74, 6) is -16.5. The number of nitrogens with two attached hydrogens (primary N) is 5. The number of aliphatic hydroxyl groups is 1. The fraction of sp³-hybridized carbons (Fsp3) is 0.458. The van der Waals surface area contributed by atoms with E-state index in [1.54, 1.807) is 105 Å². The van der Waals surface area contributed by atoms with E-state index in [2.05, 4.69) is 115 Å². The molecule has 0 saturated carbocycles. The molecule has 0 aliphatic heterocycles. The molecule has 30 N–H and O–H groups in total. The van der Waals surface area contributed by atoms with E-state index in [-0.39, 0.29) is 76.1 Å². The highest BCUT2D eigenvalue weighted by Gasteiger charge is 2.39. The van der Waals surface area contributed by atoms with E-state index in [0.29, 0.717) is 63.4 Å². The molecule has 0 aliphatic rings. The molecule has 16 amide bonds. The van der Waals surface area contributed by atoms with Crippen molar-refractivity contribution in [1.82, 2.24) is 89.7 Å². The van der Waals surface area contributed by atoms with Gasteiger partial charge in [-0.15, -0.1) is 0 Å². The van der Waals surface area contributed by atoms with Gasteiger partial charge in [-0.3, -0.25) is 82.1 Å². The minimum absolute atomic E-state index is 0.000916. The number of rotatable bonds is 55. The maximum absolute atomic E-state index is 15.4. The van der Waals surface area contributed by atoms with Crippen LogP contribution in [0.25, 0.3) is 21.8 Å². The molecule has 0 saturated heterocycles. The van der Waals surface area contributed by atoms with Crippen LogP contribution >= 0.6 is 25.3 Å². The number of carbonyl (C=O) groups excluding carboxylic acids is 16. The number of hydrogen-bond acceptors (Lipinski definition) is 24. The van der Waals surface area contributed by atoms with Crippen molar-refractivity contribution in [2.75, 3.05) is 57.4 Å². The Balaban J connectivity index is 1.25. The van der Waals surface area contributed by atoms with Gasteiger partial charge in [-0.2, -0.15) is 25.3 Å². The van der Waals surface area contributed by atoms with Crippen molar-refractivity contribution < 1.29 is 91.7 Å². The number of hydrogen-bond donors (Lipinski definition) is 27. The molecule has 0 unspecified atom stereocenters. The highest BCUT2D eigenvalue weighted by atomic mass is 32.1. The zero-order chi connectivity index (χ0) is 93.4. The zero-order valence-electron chi connectivity index (χ0n) is 70.8. The molecule has 4 aromatic carbocycles. The molecule has 13 atom stereocenters. The van der Waals surface area contributed by atoms with Crippen LogP contribution in [0.15, 0.2) is 116 Å². The molecular weight excluding hydrogens is 1690 g/mol. The predicted molar refractivity (Wildman–Crippen MR) is 475 cm³/mol. The summed E-state index contributed by atoms with van der Waals surface area (Å²) in [5, 5.41) is 68.8. The molecule has 0 fully saturated rings. The number of primary amides is 2. The minimum Gasteiger partial charge on any atom is -0.508 e. The van der Waals surface area contributed by atoms with Crippen LogP contribution in [0.2, 0.25) is 0 Å². The molecule has 0 aliphatic carbocycles. The summed E-state index contributed by atoms with van der Waals surface area (Å²) in [7, 11) is 0. The van der Waals surface area contributed by atoms with Crippen LogP contribution in [-0.2, 0) is 107 Å². The van der Waals surface area contributed by atoms with Gasteiger partial charge in [0.15, 0.2) is 5.96 Å². The Hall–Kier alpha value is -12.9. The second kappa shape index (κ2) is 52.8. The Labute approximate surface area is 743 Å². The highest BCUT2D eigenvalue weighted by Crippen LogP contribution is 2.23. The van der Waals surface area contributed by atoms with Crippen LogP contribution in [0.3, 0.4) is 0 Å². The van der Waals surface area contributed by atoms with Crippen LogP contribution < -0.4 is 108 Å². The topological polar surface area (TPSA) is 689 Å². The third-order valence-electron chi connectivity index (χ3n) is 20.0. The van der Waals surface area contributed by atoms with E-state index in [1.165, 1.54) is 24.3 Å². The first-order valence-corrected chi connectivity index (χ1v) is 42.4. The summed E-state index contributed by atoms with van der Waals surface area (Å²) in [6.07, 6.45) is 0.561. The van der Waals surface area contributed by atoms with Gasteiger partial charge in [0, 0.05) is 104 Å². The van der Waals surface area contributed by atoms with Gasteiger partial charge in [-0.25, -0.2) is 0 Å². The molecule has 0 spiro atoms. The van der Waals surface area contributed by atoms with Crippen LogP contribution in [0.1, 0.15) is 94.9 Å². The normalized spacial score (nSPS) is 14.2. The quantitative estimate of drug-likeness (QED) is 0.00734. The number of phenolic OH excluding ortho intramolecular Hbond substituents is 1. The predicted octanol–water partition coefficient (Wildman–Crippen LogP) is -5.29. The molecule has 44 heteroatoms. The van der Waals surface area contributed by atoms with Gasteiger partial charge in [0.25, 0.3) is 0 Å². The number of thiol groups is 2. The molecule has 42 nitrogen and oxygen atoms in total. The summed E-state index contributed by atoms with van der Waals surface area (Å²) in [5.41, 5.74) is 31.1. The van der Waals surface area contributed by atoms with E-state index in [0.717, 1.165) is 13.8 Å². The van der Waals surface area contributed by atoms with E-state index in [1.807, 2.05) is 0 Å². The van der Waals surface area contributed by atoms with Crippen LogP contribution in [0.4, 0.5) is 0 Å². The Bertz CT molecular complexity index is 4770. The maximum Gasteiger partial charge on any atom is 0.246 e. The summed E-state index contributed by atoms with van der Waals surface area (Å²) in [6.45, 7) is 4.09. The SMILES string of the molecule is CC(=O)N[C@@H](CS)C(=O)N[C@@H](CN)C(=O)N[C@H](C(=O)N[C@@H](Cc1c[nH]c2ccccc12)C(=O)N[C@@H](CCC(N)=O)C(=O)N[C@@H](CS)C(=O)N[C@@H](Cc1ccc(O)cc1)C(=O)N[C@@H](Cc1c[nH]c2ccccc12)C(=O)N[C@@H](CCCNC(=N)N)C(=O)N[C@H](C(=O)N[C@@H](Cc1ccccc1)C(=O)NCC(=O)NCCOCC(=O)N[C@H](CCCCN)C(N)=O)C(C)C)[C@@H](C)O. The average molecular weight is 1810 g/mol. The molecule has 2 aromatic heterocycles. The lowest BCUT2D eigenvalue weighted by Gasteiger charge is -2.29. The summed E-state index contributed by atoms with van der Waals surface area (Å²) >= 11 is 8.48. The number of H-pyrrole nitrogens is 2. The monoisotopic (exact) mass is 1800 g/mol. The number of fused-ring (bicyclic) bond motifs is 2. The van der Waals surface area contributed by atoms with Crippen LogP contribution in [0.5, 0.6) is 5.75 Å². The molecule has 127 heavy (non-hydrogen) atoms. The lowest BCUT2D eigenvalue weighted by atomic mass is 9.99. The van der Waals surface area contributed by atoms with Crippen molar-refractivity contribution in [2.24, 2.45) is 34.6 Å². The van der Waals surface area contributed by atoms with Gasteiger partial charge in [0.2, 0.25) is 94.5 Å². The lowest BCUT2D eigenvalue weighted by Crippen LogP contribution is -2.63. The Morgan fingerprint density at radius 2 is 0.882 bits per heavy atom. The number of para-hydroxylation sites is 2. The van der Waals surface area contributed by atoms with Gasteiger partial charge in [-0.1, -0.05) is 92.7 Å². The minimum atomic E-state index is -1.85. The van der Waals surface area contributed by atoms with Crippen molar-refractivity contribution in [3.63, 3.8) is 0 Å². The molecule has 690 valence electrons.